The summed E-state index contributed by atoms with van der Waals surface area (Å²) in [6.45, 7) is 0.200. The maximum absolute atomic E-state index is 13.4. The quantitative estimate of drug-likeness (QED) is 0.850. The van der Waals surface area contributed by atoms with Crippen LogP contribution in [0.2, 0.25) is 0 Å². The molecule has 4 nitrogen and oxygen atoms in total. The van der Waals surface area contributed by atoms with Crippen LogP contribution in [0.5, 0.6) is 11.5 Å². The zero-order chi connectivity index (χ0) is 17.0. The van der Waals surface area contributed by atoms with Crippen molar-refractivity contribution >= 4 is 11.5 Å². The average molecular weight is 337 g/mol. The summed E-state index contributed by atoms with van der Waals surface area (Å²) in [4.78, 5) is 12.7. The Hall–Kier alpha value is -2.82. The van der Waals surface area contributed by atoms with E-state index in [2.05, 4.69) is 5.32 Å². The van der Waals surface area contributed by atoms with Crippen LogP contribution < -0.4 is 14.8 Å². The van der Waals surface area contributed by atoms with Gasteiger partial charge in [0.1, 0.15) is 5.82 Å². The van der Waals surface area contributed by atoms with E-state index in [4.69, 9.17) is 9.47 Å². The monoisotopic (exact) mass is 337 g/mol. The highest BCUT2D eigenvalue weighted by Gasteiger charge is 2.36. The lowest BCUT2D eigenvalue weighted by atomic mass is 9.75. The van der Waals surface area contributed by atoms with Crippen molar-refractivity contribution in [3.8, 4) is 11.5 Å². The molecule has 0 saturated heterocycles. The lowest BCUT2D eigenvalue weighted by Crippen LogP contribution is -2.26. The molecule has 0 aromatic heterocycles. The summed E-state index contributed by atoms with van der Waals surface area (Å²) >= 11 is 0. The van der Waals surface area contributed by atoms with Crippen LogP contribution in [0.25, 0.3) is 0 Å². The Balaban J connectivity index is 1.73. The fourth-order valence-corrected chi connectivity index (χ4v) is 3.95. The smallest absolute Gasteiger partial charge is 0.231 e. The molecule has 0 amide bonds. The Morgan fingerprint density at radius 3 is 2.60 bits per heavy atom. The van der Waals surface area contributed by atoms with E-state index in [1.165, 1.54) is 12.1 Å². The molecule has 0 saturated carbocycles. The number of hydrogen-bond acceptors (Lipinski definition) is 4. The van der Waals surface area contributed by atoms with Gasteiger partial charge in [-0.1, -0.05) is 12.1 Å². The predicted octanol–water partition coefficient (Wildman–Crippen LogP) is 4.12. The van der Waals surface area contributed by atoms with Gasteiger partial charge in [0, 0.05) is 35.4 Å². The van der Waals surface area contributed by atoms with Gasteiger partial charge in [0.05, 0.1) is 0 Å². The Morgan fingerprint density at radius 1 is 1.04 bits per heavy atom. The van der Waals surface area contributed by atoms with Gasteiger partial charge in [-0.3, -0.25) is 4.79 Å². The topological polar surface area (TPSA) is 47.6 Å². The number of hydrogen-bond donors (Lipinski definition) is 1. The molecule has 0 radical (unpaired) electrons. The summed E-state index contributed by atoms with van der Waals surface area (Å²) in [5.74, 6) is 1.04. The highest BCUT2D eigenvalue weighted by Crippen LogP contribution is 2.49. The van der Waals surface area contributed by atoms with Crippen molar-refractivity contribution in [1.29, 1.82) is 0 Å². The highest BCUT2D eigenvalue weighted by atomic mass is 19.1. The summed E-state index contributed by atoms with van der Waals surface area (Å²) in [7, 11) is 0. The van der Waals surface area contributed by atoms with Gasteiger partial charge in [0.2, 0.25) is 6.79 Å². The molecule has 5 heteroatoms. The van der Waals surface area contributed by atoms with Gasteiger partial charge in [0.25, 0.3) is 0 Å². The van der Waals surface area contributed by atoms with Gasteiger partial charge in [-0.15, -0.1) is 0 Å². The molecule has 5 rings (SSSR count). The molecule has 25 heavy (non-hydrogen) atoms. The number of halogens is 1. The van der Waals surface area contributed by atoms with E-state index in [0.29, 0.717) is 17.9 Å². The summed E-state index contributed by atoms with van der Waals surface area (Å²) in [5.41, 5.74) is 4.56. The van der Waals surface area contributed by atoms with Gasteiger partial charge in [-0.05, 0) is 42.2 Å². The molecular weight excluding hydrogens is 321 g/mol. The number of ketones is 1. The summed E-state index contributed by atoms with van der Waals surface area (Å²) < 4.78 is 24.4. The number of carbonyl (C=O) groups excluding carboxylic acids is 1. The van der Waals surface area contributed by atoms with E-state index in [-0.39, 0.29) is 24.3 Å². The Labute approximate surface area is 144 Å². The Bertz CT molecular complexity index is 917. The van der Waals surface area contributed by atoms with E-state index in [1.54, 1.807) is 12.1 Å². The molecule has 0 bridgehead atoms. The molecule has 1 N–H and O–H groups in total. The van der Waals surface area contributed by atoms with E-state index >= 15 is 0 Å². The number of carbonyl (C=O) groups is 1. The minimum absolute atomic E-state index is 0.159. The van der Waals surface area contributed by atoms with Gasteiger partial charge in [-0.25, -0.2) is 4.39 Å². The number of benzene rings is 2. The van der Waals surface area contributed by atoms with Crippen LogP contribution in [0.1, 0.15) is 36.3 Å². The summed E-state index contributed by atoms with van der Waals surface area (Å²) in [6.07, 6.45) is 2.24. The molecule has 2 aromatic rings. The zero-order valence-corrected chi connectivity index (χ0v) is 13.5. The third kappa shape index (κ3) is 2.22. The third-order valence-corrected chi connectivity index (χ3v) is 5.09. The van der Waals surface area contributed by atoms with Crippen LogP contribution in [0, 0.1) is 5.82 Å². The average Bonchev–Trinajstić information content (AvgIpc) is 3.06. The number of ether oxygens (including phenoxy) is 2. The largest absolute Gasteiger partial charge is 0.454 e. The zero-order valence-electron chi connectivity index (χ0n) is 13.5. The van der Waals surface area contributed by atoms with E-state index < -0.39 is 0 Å². The van der Waals surface area contributed by atoms with Crippen LogP contribution >= 0.6 is 0 Å². The second kappa shape index (κ2) is 5.34. The second-order valence-corrected chi connectivity index (χ2v) is 6.57. The van der Waals surface area contributed by atoms with Crippen molar-refractivity contribution in [2.45, 2.75) is 25.2 Å². The van der Waals surface area contributed by atoms with Gasteiger partial charge >= 0.3 is 0 Å². The van der Waals surface area contributed by atoms with Crippen molar-refractivity contribution in [2.24, 2.45) is 0 Å². The fraction of sp³-hybridized carbons (Fsp3) is 0.250. The van der Waals surface area contributed by atoms with E-state index in [1.807, 2.05) is 12.1 Å². The standard InChI is InChI=1S/C20H16FNO3/c21-12-6-4-11(5-7-12)19-13-8-17-18(25-10-24-17)9-15(13)22-14-2-1-3-16(23)20(14)19/h4-9,19,22H,1-3,10H2. The molecule has 3 aliphatic rings. The molecule has 126 valence electrons. The molecule has 1 aliphatic carbocycles. The van der Waals surface area contributed by atoms with Crippen LogP contribution in [-0.2, 0) is 4.79 Å². The van der Waals surface area contributed by atoms with E-state index in [0.717, 1.165) is 40.9 Å². The molecule has 2 aliphatic heterocycles. The summed E-state index contributed by atoms with van der Waals surface area (Å²) in [6, 6.07) is 10.3. The molecule has 0 spiro atoms. The molecule has 1 unspecified atom stereocenters. The normalized spacial score (nSPS) is 20.8. The van der Waals surface area contributed by atoms with Crippen molar-refractivity contribution < 1.29 is 18.7 Å². The maximum atomic E-state index is 13.4. The first-order valence-corrected chi connectivity index (χ1v) is 8.43. The third-order valence-electron chi connectivity index (χ3n) is 5.09. The number of rotatable bonds is 1. The number of allylic oxidation sites excluding steroid dienone is 2. The van der Waals surface area contributed by atoms with Gasteiger partial charge < -0.3 is 14.8 Å². The first-order chi connectivity index (χ1) is 12.2. The Morgan fingerprint density at radius 2 is 1.80 bits per heavy atom. The van der Waals surface area contributed by atoms with Crippen molar-refractivity contribution in [2.75, 3.05) is 12.1 Å². The van der Waals surface area contributed by atoms with Crippen LogP contribution in [0.3, 0.4) is 0 Å². The Kier molecular flexibility index (Phi) is 3.10. The maximum Gasteiger partial charge on any atom is 0.231 e. The number of anilines is 1. The van der Waals surface area contributed by atoms with Gasteiger partial charge in [0.15, 0.2) is 17.3 Å². The fourth-order valence-electron chi connectivity index (χ4n) is 3.95. The second-order valence-electron chi connectivity index (χ2n) is 6.57. The first kappa shape index (κ1) is 14.5. The van der Waals surface area contributed by atoms with Crippen molar-refractivity contribution in [3.63, 3.8) is 0 Å². The molecular formula is C20H16FNO3. The predicted molar refractivity (Wildman–Crippen MR) is 90.3 cm³/mol. The lowest BCUT2D eigenvalue weighted by molar-refractivity contribution is -0.116. The van der Waals surface area contributed by atoms with Crippen LogP contribution in [-0.4, -0.2) is 12.6 Å². The molecule has 1 atom stereocenters. The minimum atomic E-state index is -0.284. The van der Waals surface area contributed by atoms with Crippen molar-refractivity contribution in [1.82, 2.24) is 0 Å². The van der Waals surface area contributed by atoms with Crippen molar-refractivity contribution in [3.05, 3.63) is 64.6 Å². The molecule has 0 fully saturated rings. The minimum Gasteiger partial charge on any atom is -0.454 e. The van der Waals surface area contributed by atoms with Gasteiger partial charge in [-0.2, -0.15) is 0 Å². The number of nitrogens with one attached hydrogen (secondary N) is 1. The number of Topliss-reactive ketones (excluding diaryl/α,β-unsaturated/α-hetero) is 1. The molecule has 2 heterocycles. The summed E-state index contributed by atoms with van der Waals surface area (Å²) in [5, 5.41) is 3.42. The SMILES string of the molecule is O=C1CCCC2=C1C(c1ccc(F)cc1)c1cc3c(cc1N2)OCO3. The first-order valence-electron chi connectivity index (χ1n) is 8.43. The molecule has 2 aromatic carbocycles. The van der Waals surface area contributed by atoms with Crippen LogP contribution in [0.15, 0.2) is 47.7 Å². The highest BCUT2D eigenvalue weighted by molar-refractivity contribution is 6.01. The number of fused-ring (bicyclic) bond motifs is 2. The lowest BCUT2D eigenvalue weighted by Gasteiger charge is -2.34. The van der Waals surface area contributed by atoms with E-state index in [9.17, 15) is 9.18 Å². The van der Waals surface area contributed by atoms with Crippen LogP contribution in [0.4, 0.5) is 10.1 Å².